The van der Waals surface area contributed by atoms with Crippen molar-refractivity contribution in [3.63, 3.8) is 0 Å². The Morgan fingerprint density at radius 2 is 2.12 bits per heavy atom. The lowest BCUT2D eigenvalue weighted by molar-refractivity contribution is 0.353. The zero-order chi connectivity index (χ0) is 18.1. The summed E-state index contributed by atoms with van der Waals surface area (Å²) < 4.78 is 13.3. The van der Waals surface area contributed by atoms with Crippen molar-refractivity contribution < 1.29 is 9.15 Å². The SMILES string of the molecule is C=C(C)COc1ccc(-c2nc3scc(-c4ccco4)n3c2CN)cc1. The summed E-state index contributed by atoms with van der Waals surface area (Å²) in [5.41, 5.74) is 10.9. The molecule has 0 atom stereocenters. The van der Waals surface area contributed by atoms with Crippen LogP contribution < -0.4 is 10.5 Å². The fourth-order valence-corrected chi connectivity index (χ4v) is 3.74. The van der Waals surface area contributed by atoms with Gasteiger partial charge in [0.05, 0.1) is 17.7 Å². The van der Waals surface area contributed by atoms with Crippen LogP contribution in [-0.4, -0.2) is 16.0 Å². The largest absolute Gasteiger partial charge is 0.489 e. The molecule has 0 spiro atoms. The van der Waals surface area contributed by atoms with Crippen LogP contribution in [0, 0.1) is 0 Å². The molecule has 3 heterocycles. The van der Waals surface area contributed by atoms with Crippen LogP contribution in [0.5, 0.6) is 5.75 Å². The van der Waals surface area contributed by atoms with E-state index in [9.17, 15) is 0 Å². The summed E-state index contributed by atoms with van der Waals surface area (Å²) >= 11 is 1.57. The number of ether oxygens (including phenoxy) is 1. The second kappa shape index (κ2) is 6.82. The summed E-state index contributed by atoms with van der Waals surface area (Å²) in [5.74, 6) is 1.61. The van der Waals surface area contributed by atoms with Gasteiger partial charge in [0.15, 0.2) is 10.7 Å². The number of benzene rings is 1. The third kappa shape index (κ3) is 2.94. The van der Waals surface area contributed by atoms with Gasteiger partial charge in [0.1, 0.15) is 18.1 Å². The van der Waals surface area contributed by atoms with Crippen molar-refractivity contribution in [2.45, 2.75) is 13.5 Å². The van der Waals surface area contributed by atoms with E-state index in [-0.39, 0.29) is 0 Å². The number of aromatic nitrogens is 2. The van der Waals surface area contributed by atoms with Gasteiger partial charge in [-0.2, -0.15) is 0 Å². The number of nitrogens with two attached hydrogens (primary N) is 1. The Balaban J connectivity index is 1.74. The summed E-state index contributed by atoms with van der Waals surface area (Å²) in [7, 11) is 0. The van der Waals surface area contributed by atoms with E-state index in [1.807, 2.05) is 48.7 Å². The van der Waals surface area contributed by atoms with Gasteiger partial charge in [-0.25, -0.2) is 4.98 Å². The smallest absolute Gasteiger partial charge is 0.195 e. The lowest BCUT2D eigenvalue weighted by Gasteiger charge is -2.07. The molecule has 0 radical (unpaired) electrons. The van der Waals surface area contributed by atoms with E-state index in [4.69, 9.17) is 19.9 Å². The van der Waals surface area contributed by atoms with Crippen LogP contribution in [0.3, 0.4) is 0 Å². The molecule has 4 rings (SSSR count). The van der Waals surface area contributed by atoms with Crippen molar-refractivity contribution in [1.82, 2.24) is 9.38 Å². The van der Waals surface area contributed by atoms with Crippen LogP contribution in [0.25, 0.3) is 27.7 Å². The molecule has 0 saturated heterocycles. The number of furan rings is 1. The lowest BCUT2D eigenvalue weighted by atomic mass is 10.1. The molecule has 0 bridgehead atoms. The lowest BCUT2D eigenvalue weighted by Crippen LogP contribution is -2.03. The van der Waals surface area contributed by atoms with Gasteiger partial charge in [-0.05, 0) is 48.9 Å². The van der Waals surface area contributed by atoms with E-state index in [2.05, 4.69) is 11.0 Å². The molecule has 0 fully saturated rings. The van der Waals surface area contributed by atoms with Crippen LogP contribution >= 0.6 is 11.3 Å². The average molecular weight is 365 g/mol. The van der Waals surface area contributed by atoms with Gasteiger partial charge in [0, 0.05) is 17.5 Å². The van der Waals surface area contributed by atoms with Crippen molar-refractivity contribution in [3.05, 3.63) is 65.9 Å². The highest BCUT2D eigenvalue weighted by molar-refractivity contribution is 7.15. The molecule has 6 heteroatoms. The van der Waals surface area contributed by atoms with E-state index in [0.717, 1.165) is 44.7 Å². The Kier molecular flexibility index (Phi) is 4.36. The standard InChI is InChI=1S/C20H19N3O2S/c1-13(2)11-25-15-7-5-14(6-8-15)19-16(10-21)23-17(12-26-20(23)22-19)18-4-3-9-24-18/h3-9,12H,1,10-11,21H2,2H3. The Labute approximate surface area is 155 Å². The van der Waals surface area contributed by atoms with Crippen LogP contribution in [0.1, 0.15) is 12.6 Å². The summed E-state index contributed by atoms with van der Waals surface area (Å²) in [5, 5.41) is 2.04. The molecule has 26 heavy (non-hydrogen) atoms. The predicted octanol–water partition coefficient (Wildman–Crippen LogP) is 4.74. The fraction of sp³-hybridized carbons (Fsp3) is 0.150. The maximum absolute atomic E-state index is 6.07. The van der Waals surface area contributed by atoms with Crippen molar-refractivity contribution in [1.29, 1.82) is 0 Å². The Morgan fingerprint density at radius 3 is 2.77 bits per heavy atom. The topological polar surface area (TPSA) is 65.7 Å². The van der Waals surface area contributed by atoms with Crippen LogP contribution in [0.4, 0.5) is 0 Å². The number of fused-ring (bicyclic) bond motifs is 1. The minimum atomic E-state index is 0.384. The van der Waals surface area contributed by atoms with E-state index in [1.54, 1.807) is 17.6 Å². The molecular formula is C20H19N3O2S. The van der Waals surface area contributed by atoms with Crippen molar-refractivity contribution in [2.24, 2.45) is 5.73 Å². The highest BCUT2D eigenvalue weighted by Crippen LogP contribution is 2.33. The monoisotopic (exact) mass is 365 g/mol. The minimum Gasteiger partial charge on any atom is -0.489 e. The van der Waals surface area contributed by atoms with E-state index >= 15 is 0 Å². The second-order valence-electron chi connectivity index (χ2n) is 6.10. The molecule has 4 aromatic rings. The zero-order valence-corrected chi connectivity index (χ0v) is 15.3. The fourth-order valence-electron chi connectivity index (χ4n) is 2.85. The number of imidazole rings is 1. The van der Waals surface area contributed by atoms with Gasteiger partial charge in [-0.3, -0.25) is 4.40 Å². The van der Waals surface area contributed by atoms with Crippen LogP contribution in [0.2, 0.25) is 0 Å². The number of hydrogen-bond acceptors (Lipinski definition) is 5. The second-order valence-corrected chi connectivity index (χ2v) is 6.93. The van der Waals surface area contributed by atoms with Gasteiger partial charge >= 0.3 is 0 Å². The van der Waals surface area contributed by atoms with Crippen LogP contribution in [-0.2, 0) is 6.54 Å². The van der Waals surface area contributed by atoms with E-state index in [0.29, 0.717) is 13.2 Å². The highest BCUT2D eigenvalue weighted by Gasteiger charge is 2.19. The summed E-state index contributed by atoms with van der Waals surface area (Å²) in [6, 6.07) is 11.7. The van der Waals surface area contributed by atoms with Gasteiger partial charge < -0.3 is 14.9 Å². The van der Waals surface area contributed by atoms with Gasteiger partial charge in [-0.1, -0.05) is 6.58 Å². The van der Waals surface area contributed by atoms with Gasteiger partial charge in [-0.15, -0.1) is 11.3 Å². The Hall–Kier alpha value is -2.83. The summed E-state index contributed by atoms with van der Waals surface area (Å²) in [6.07, 6.45) is 1.67. The van der Waals surface area contributed by atoms with Gasteiger partial charge in [0.25, 0.3) is 0 Å². The first-order valence-electron chi connectivity index (χ1n) is 8.27. The van der Waals surface area contributed by atoms with Crippen molar-refractivity contribution in [2.75, 3.05) is 6.61 Å². The Morgan fingerprint density at radius 1 is 1.31 bits per heavy atom. The van der Waals surface area contributed by atoms with Crippen LogP contribution in [0.15, 0.2) is 64.6 Å². The maximum atomic E-state index is 6.07. The molecule has 0 aliphatic heterocycles. The van der Waals surface area contributed by atoms with E-state index < -0.39 is 0 Å². The van der Waals surface area contributed by atoms with Gasteiger partial charge in [0.2, 0.25) is 0 Å². The normalized spacial score (nSPS) is 11.2. The highest BCUT2D eigenvalue weighted by atomic mass is 32.1. The third-order valence-corrected chi connectivity index (χ3v) is 4.86. The number of rotatable bonds is 6. The molecule has 3 aromatic heterocycles. The van der Waals surface area contributed by atoms with E-state index in [1.165, 1.54) is 0 Å². The molecule has 0 aliphatic carbocycles. The number of thiazole rings is 1. The Bertz CT molecular complexity index is 1040. The first kappa shape index (κ1) is 16.6. The molecule has 0 saturated carbocycles. The first-order chi connectivity index (χ1) is 12.7. The molecule has 0 amide bonds. The maximum Gasteiger partial charge on any atom is 0.195 e. The quantitative estimate of drug-likeness (QED) is 0.501. The molecule has 0 aliphatic rings. The molecular weight excluding hydrogens is 346 g/mol. The summed E-state index contributed by atoms with van der Waals surface area (Å²) in [4.78, 5) is 5.69. The zero-order valence-electron chi connectivity index (χ0n) is 14.4. The summed E-state index contributed by atoms with van der Waals surface area (Å²) in [6.45, 7) is 6.69. The van der Waals surface area contributed by atoms with Crippen molar-refractivity contribution in [3.8, 4) is 28.5 Å². The molecule has 0 unspecified atom stereocenters. The molecule has 1 aromatic carbocycles. The molecule has 5 nitrogen and oxygen atoms in total. The number of nitrogens with zero attached hydrogens (tertiary/aromatic N) is 2. The average Bonchev–Trinajstić information content (AvgIpc) is 3.36. The molecule has 132 valence electrons. The van der Waals surface area contributed by atoms with Crippen molar-refractivity contribution >= 4 is 16.3 Å². The third-order valence-electron chi connectivity index (χ3n) is 4.04. The minimum absolute atomic E-state index is 0.384. The molecule has 2 N–H and O–H groups in total. The number of hydrogen-bond donors (Lipinski definition) is 1. The predicted molar refractivity (Wildman–Crippen MR) is 104 cm³/mol. The first-order valence-corrected chi connectivity index (χ1v) is 9.15.